The van der Waals surface area contributed by atoms with Gasteiger partial charge in [0.25, 0.3) is 5.91 Å². The summed E-state index contributed by atoms with van der Waals surface area (Å²) >= 11 is 1.47. The van der Waals surface area contributed by atoms with Gasteiger partial charge < -0.3 is 15.4 Å². The molecule has 0 aliphatic heterocycles. The average molecular weight is 392 g/mol. The van der Waals surface area contributed by atoms with Crippen molar-refractivity contribution < 1.29 is 14.3 Å². The Morgan fingerprint density at radius 3 is 2.04 bits per heavy atom. The lowest BCUT2D eigenvalue weighted by Gasteiger charge is -2.10. The van der Waals surface area contributed by atoms with Gasteiger partial charge in [0, 0.05) is 16.3 Å². The van der Waals surface area contributed by atoms with Crippen molar-refractivity contribution in [3.63, 3.8) is 0 Å². The van der Waals surface area contributed by atoms with Crippen molar-refractivity contribution in [2.45, 2.75) is 4.90 Å². The van der Waals surface area contributed by atoms with Gasteiger partial charge in [0.2, 0.25) is 5.91 Å². The van der Waals surface area contributed by atoms with Crippen LogP contribution in [-0.2, 0) is 9.59 Å². The van der Waals surface area contributed by atoms with Gasteiger partial charge in [0.05, 0.1) is 5.75 Å². The lowest BCUT2D eigenvalue weighted by Crippen LogP contribution is -2.20. The van der Waals surface area contributed by atoms with E-state index < -0.39 is 0 Å². The third kappa shape index (κ3) is 6.48. The molecule has 0 aliphatic carbocycles. The molecule has 0 bridgehead atoms. The molecular formula is C22H20N2O3S. The van der Waals surface area contributed by atoms with Crippen molar-refractivity contribution in [2.24, 2.45) is 0 Å². The maximum Gasteiger partial charge on any atom is 0.262 e. The van der Waals surface area contributed by atoms with Crippen molar-refractivity contribution in [1.82, 2.24) is 0 Å². The summed E-state index contributed by atoms with van der Waals surface area (Å²) in [5.74, 6) is 0.567. The van der Waals surface area contributed by atoms with E-state index in [2.05, 4.69) is 10.6 Å². The monoisotopic (exact) mass is 392 g/mol. The van der Waals surface area contributed by atoms with Gasteiger partial charge in [0.1, 0.15) is 5.75 Å². The number of carbonyl (C=O) groups is 2. The molecule has 2 N–H and O–H groups in total. The standard InChI is InChI=1S/C22H20N2O3S/c25-21(15-27-19-10-3-1-4-11-19)23-17-8-7-9-18(14-17)24-22(26)16-28-20-12-5-2-6-13-20/h1-14H,15-16H2,(H,23,25)(H,24,26). The number of rotatable bonds is 8. The summed E-state index contributed by atoms with van der Waals surface area (Å²) < 4.78 is 5.42. The molecule has 0 saturated heterocycles. The minimum absolute atomic E-state index is 0.0890. The predicted molar refractivity (Wildman–Crippen MR) is 113 cm³/mol. The summed E-state index contributed by atoms with van der Waals surface area (Å²) in [5, 5.41) is 5.60. The second-order valence-electron chi connectivity index (χ2n) is 5.88. The Balaban J connectivity index is 1.47. The summed E-state index contributed by atoms with van der Waals surface area (Å²) in [6.07, 6.45) is 0. The van der Waals surface area contributed by atoms with Crippen LogP contribution < -0.4 is 15.4 Å². The Bertz CT molecular complexity index is 845. The Morgan fingerprint density at radius 2 is 1.36 bits per heavy atom. The van der Waals surface area contributed by atoms with Gasteiger partial charge in [-0.1, -0.05) is 42.5 Å². The Hall–Kier alpha value is -3.25. The van der Waals surface area contributed by atoms with Crippen molar-refractivity contribution in [3.05, 3.63) is 84.9 Å². The van der Waals surface area contributed by atoms with Crippen LogP contribution in [0.3, 0.4) is 0 Å². The number of anilines is 2. The molecule has 3 aromatic carbocycles. The van der Waals surface area contributed by atoms with Gasteiger partial charge in [-0.3, -0.25) is 9.59 Å². The van der Waals surface area contributed by atoms with Crippen LogP contribution in [0.5, 0.6) is 5.75 Å². The molecule has 0 aliphatic rings. The van der Waals surface area contributed by atoms with E-state index in [-0.39, 0.29) is 18.4 Å². The molecule has 3 aromatic rings. The SMILES string of the molecule is O=C(COc1ccccc1)Nc1cccc(NC(=O)CSc2ccccc2)c1. The largest absolute Gasteiger partial charge is 0.484 e. The zero-order chi connectivity index (χ0) is 19.6. The van der Waals surface area contributed by atoms with Crippen LogP contribution >= 0.6 is 11.8 Å². The average Bonchev–Trinajstić information content (AvgIpc) is 2.72. The smallest absolute Gasteiger partial charge is 0.262 e. The molecule has 0 spiro atoms. The van der Waals surface area contributed by atoms with Crippen LogP contribution in [-0.4, -0.2) is 24.2 Å². The first kappa shape index (κ1) is 19.5. The molecule has 0 unspecified atom stereocenters. The fraction of sp³-hybridized carbons (Fsp3) is 0.0909. The molecule has 0 aromatic heterocycles. The molecule has 0 radical (unpaired) electrons. The van der Waals surface area contributed by atoms with Gasteiger partial charge >= 0.3 is 0 Å². The minimum atomic E-state index is -0.271. The summed E-state index contributed by atoms with van der Waals surface area (Å²) in [5.41, 5.74) is 1.22. The second-order valence-corrected chi connectivity index (χ2v) is 6.93. The van der Waals surface area contributed by atoms with Crippen molar-refractivity contribution in [3.8, 4) is 5.75 Å². The number of carbonyl (C=O) groups excluding carboxylic acids is 2. The maximum absolute atomic E-state index is 12.1. The van der Waals surface area contributed by atoms with Gasteiger partial charge in [-0.25, -0.2) is 0 Å². The Labute approximate surface area is 168 Å². The van der Waals surface area contributed by atoms with Gasteiger partial charge in [-0.2, -0.15) is 0 Å². The number of hydrogen-bond acceptors (Lipinski definition) is 4. The van der Waals surface area contributed by atoms with Crippen LogP contribution in [0.15, 0.2) is 89.8 Å². The quantitative estimate of drug-likeness (QED) is 0.557. The molecule has 28 heavy (non-hydrogen) atoms. The van der Waals surface area contributed by atoms with E-state index in [4.69, 9.17) is 4.74 Å². The fourth-order valence-electron chi connectivity index (χ4n) is 2.40. The highest BCUT2D eigenvalue weighted by Gasteiger charge is 2.07. The second kappa shape index (κ2) is 10.2. The van der Waals surface area contributed by atoms with Crippen LogP contribution in [0.25, 0.3) is 0 Å². The van der Waals surface area contributed by atoms with E-state index >= 15 is 0 Å². The zero-order valence-corrected chi connectivity index (χ0v) is 15.9. The lowest BCUT2D eigenvalue weighted by molar-refractivity contribution is -0.118. The minimum Gasteiger partial charge on any atom is -0.484 e. The molecule has 2 amide bonds. The maximum atomic E-state index is 12.1. The van der Waals surface area contributed by atoms with Crippen molar-refractivity contribution in [2.75, 3.05) is 23.0 Å². The van der Waals surface area contributed by atoms with Crippen LogP contribution in [0.4, 0.5) is 11.4 Å². The van der Waals surface area contributed by atoms with Crippen LogP contribution in [0.1, 0.15) is 0 Å². The molecular weight excluding hydrogens is 372 g/mol. The van der Waals surface area contributed by atoms with E-state index in [1.54, 1.807) is 36.4 Å². The molecule has 142 valence electrons. The molecule has 0 saturated carbocycles. The highest BCUT2D eigenvalue weighted by Crippen LogP contribution is 2.19. The molecule has 0 heterocycles. The number of amides is 2. The Kier molecular flexibility index (Phi) is 7.09. The zero-order valence-electron chi connectivity index (χ0n) is 15.1. The molecule has 0 atom stereocenters. The number of benzene rings is 3. The third-order valence-electron chi connectivity index (χ3n) is 3.66. The van der Waals surface area contributed by atoms with E-state index in [1.807, 2.05) is 48.5 Å². The summed E-state index contributed by atoms with van der Waals surface area (Å²) in [6, 6.07) is 25.9. The number of ether oxygens (including phenoxy) is 1. The van der Waals surface area contributed by atoms with Gasteiger partial charge in [-0.15, -0.1) is 11.8 Å². The van der Waals surface area contributed by atoms with E-state index in [0.29, 0.717) is 22.9 Å². The topological polar surface area (TPSA) is 67.4 Å². The Morgan fingerprint density at radius 1 is 0.750 bits per heavy atom. The first-order valence-electron chi connectivity index (χ1n) is 8.74. The van der Waals surface area contributed by atoms with Gasteiger partial charge in [0.15, 0.2) is 6.61 Å². The van der Waals surface area contributed by atoms with Crippen LogP contribution in [0, 0.1) is 0 Å². The first-order chi connectivity index (χ1) is 13.7. The fourth-order valence-corrected chi connectivity index (χ4v) is 3.12. The van der Waals surface area contributed by atoms with E-state index in [1.165, 1.54) is 11.8 Å². The number of para-hydroxylation sites is 1. The number of thioether (sulfide) groups is 1. The number of hydrogen-bond donors (Lipinski definition) is 2. The highest BCUT2D eigenvalue weighted by molar-refractivity contribution is 8.00. The molecule has 6 heteroatoms. The van der Waals surface area contributed by atoms with Crippen LogP contribution in [0.2, 0.25) is 0 Å². The summed E-state index contributed by atoms with van der Waals surface area (Å²) in [7, 11) is 0. The lowest BCUT2D eigenvalue weighted by atomic mass is 10.2. The predicted octanol–water partition coefficient (Wildman–Crippen LogP) is 4.43. The third-order valence-corrected chi connectivity index (χ3v) is 4.67. The normalized spacial score (nSPS) is 10.1. The van der Waals surface area contributed by atoms with Crippen molar-refractivity contribution in [1.29, 1.82) is 0 Å². The van der Waals surface area contributed by atoms with Gasteiger partial charge in [-0.05, 0) is 42.5 Å². The summed E-state index contributed by atoms with van der Waals surface area (Å²) in [6.45, 7) is -0.0890. The summed E-state index contributed by atoms with van der Waals surface area (Å²) in [4.78, 5) is 25.2. The molecule has 5 nitrogen and oxygen atoms in total. The first-order valence-corrected chi connectivity index (χ1v) is 9.73. The van der Waals surface area contributed by atoms with E-state index in [0.717, 1.165) is 4.90 Å². The molecule has 0 fully saturated rings. The number of nitrogens with one attached hydrogen (secondary N) is 2. The van der Waals surface area contributed by atoms with Crippen molar-refractivity contribution >= 4 is 35.0 Å². The van der Waals surface area contributed by atoms with E-state index in [9.17, 15) is 9.59 Å². The molecule has 3 rings (SSSR count). The highest BCUT2D eigenvalue weighted by atomic mass is 32.2.